The largest absolute Gasteiger partial charge is 0.465 e. The summed E-state index contributed by atoms with van der Waals surface area (Å²) in [5.74, 6) is -1.30. The number of hydrogen-bond donors (Lipinski definition) is 0. The van der Waals surface area contributed by atoms with Crippen molar-refractivity contribution in [1.29, 1.82) is 0 Å². The Balaban J connectivity index is 2.34. The van der Waals surface area contributed by atoms with Crippen LogP contribution in [0.5, 0.6) is 5.75 Å². The molecule has 0 unspecified atom stereocenters. The normalized spacial score (nSPS) is 10.8. The first kappa shape index (κ1) is 21.3. The van der Waals surface area contributed by atoms with Gasteiger partial charge in [0.2, 0.25) is 0 Å². The molecule has 2 aromatic carbocycles. The molecule has 0 radical (unpaired) electrons. The van der Waals surface area contributed by atoms with Crippen LogP contribution in [0.4, 0.5) is 10.5 Å². The van der Waals surface area contributed by atoms with Crippen molar-refractivity contribution in [2.75, 3.05) is 21.2 Å². The summed E-state index contributed by atoms with van der Waals surface area (Å²) >= 11 is 0. The number of nitrogens with zero attached hydrogens (tertiary/aromatic N) is 2. The van der Waals surface area contributed by atoms with Gasteiger partial charge in [0.15, 0.2) is 5.78 Å². The lowest BCUT2D eigenvalue weighted by molar-refractivity contribution is -0.384. The van der Waals surface area contributed by atoms with Crippen molar-refractivity contribution < 1.29 is 28.8 Å². The summed E-state index contributed by atoms with van der Waals surface area (Å²) in [5, 5.41) is 10.9. The van der Waals surface area contributed by atoms with E-state index in [4.69, 9.17) is 4.74 Å². The van der Waals surface area contributed by atoms with Gasteiger partial charge < -0.3 is 14.4 Å². The molecule has 0 heterocycles. The lowest BCUT2D eigenvalue weighted by Gasteiger charge is -2.11. The summed E-state index contributed by atoms with van der Waals surface area (Å²) < 4.78 is 9.75. The van der Waals surface area contributed by atoms with Gasteiger partial charge >= 0.3 is 12.1 Å². The Morgan fingerprint density at radius 2 is 1.72 bits per heavy atom. The van der Waals surface area contributed by atoms with Crippen LogP contribution < -0.4 is 4.74 Å². The summed E-state index contributed by atoms with van der Waals surface area (Å²) in [6, 6.07) is 11.1. The van der Waals surface area contributed by atoms with E-state index >= 15 is 0 Å². The van der Waals surface area contributed by atoms with Gasteiger partial charge in [-0.2, -0.15) is 0 Å². The highest BCUT2D eigenvalue weighted by Gasteiger charge is 2.21. The third kappa shape index (κ3) is 5.48. The maximum absolute atomic E-state index is 12.8. The number of hydrogen-bond acceptors (Lipinski definition) is 7. The molecular formula is C20H18N2O7. The standard InChI is InChI=1S/C20H18N2O7/c1-21(2)20(25)29-16-9-7-14(8-10-16)18(23)17(19(24)28-3)12-13-5-4-6-15(11-13)22(26)27/h4-12H,1-3H3/b17-12+. The minimum absolute atomic E-state index is 0.150. The third-order valence-corrected chi connectivity index (χ3v) is 3.73. The van der Waals surface area contributed by atoms with E-state index in [9.17, 15) is 24.5 Å². The summed E-state index contributed by atoms with van der Waals surface area (Å²) in [4.78, 5) is 48.1. The fourth-order valence-corrected chi connectivity index (χ4v) is 2.24. The Morgan fingerprint density at radius 1 is 1.07 bits per heavy atom. The number of benzene rings is 2. The zero-order chi connectivity index (χ0) is 21.6. The molecule has 150 valence electrons. The van der Waals surface area contributed by atoms with Crippen LogP contribution in [0.25, 0.3) is 6.08 Å². The number of Topliss-reactive ketones (excluding diaryl/α,β-unsaturated/α-hetero) is 1. The number of ether oxygens (including phenoxy) is 2. The van der Waals surface area contributed by atoms with Crippen LogP contribution in [-0.2, 0) is 9.53 Å². The molecule has 0 aliphatic carbocycles. The molecule has 0 spiro atoms. The van der Waals surface area contributed by atoms with E-state index in [0.29, 0.717) is 5.56 Å². The second kappa shape index (κ2) is 9.27. The quantitative estimate of drug-likeness (QED) is 0.140. The van der Waals surface area contributed by atoms with E-state index in [-0.39, 0.29) is 22.6 Å². The molecule has 0 aromatic heterocycles. The highest BCUT2D eigenvalue weighted by molar-refractivity contribution is 6.26. The Labute approximate surface area is 166 Å². The molecule has 1 amide bonds. The Bertz CT molecular complexity index is 979. The van der Waals surface area contributed by atoms with Crippen LogP contribution in [0.15, 0.2) is 54.1 Å². The van der Waals surface area contributed by atoms with Crippen molar-refractivity contribution in [3.05, 3.63) is 75.3 Å². The number of esters is 1. The molecule has 0 bridgehead atoms. The van der Waals surface area contributed by atoms with E-state index in [1.54, 1.807) is 0 Å². The van der Waals surface area contributed by atoms with Crippen molar-refractivity contribution in [3.63, 3.8) is 0 Å². The molecule has 0 saturated carbocycles. The third-order valence-electron chi connectivity index (χ3n) is 3.73. The first-order valence-corrected chi connectivity index (χ1v) is 8.31. The maximum Gasteiger partial charge on any atom is 0.414 e. The van der Waals surface area contributed by atoms with Gasteiger partial charge in [-0.3, -0.25) is 14.9 Å². The van der Waals surface area contributed by atoms with Crippen molar-refractivity contribution >= 4 is 29.6 Å². The average Bonchev–Trinajstić information content (AvgIpc) is 2.71. The number of amides is 1. The minimum Gasteiger partial charge on any atom is -0.465 e. The fraction of sp³-hybridized carbons (Fsp3) is 0.150. The highest BCUT2D eigenvalue weighted by atomic mass is 16.6. The molecular weight excluding hydrogens is 380 g/mol. The molecule has 0 fully saturated rings. The lowest BCUT2D eigenvalue weighted by Crippen LogP contribution is -2.25. The number of carbonyl (C=O) groups is 3. The molecule has 29 heavy (non-hydrogen) atoms. The number of nitro groups is 1. The monoisotopic (exact) mass is 398 g/mol. The van der Waals surface area contributed by atoms with Gasteiger partial charge in [0.05, 0.1) is 12.0 Å². The van der Waals surface area contributed by atoms with Gasteiger partial charge in [-0.1, -0.05) is 12.1 Å². The van der Waals surface area contributed by atoms with Crippen molar-refractivity contribution in [2.45, 2.75) is 0 Å². The molecule has 0 saturated heterocycles. The summed E-state index contributed by atoms with van der Waals surface area (Å²) in [5.41, 5.74) is -0.0327. The van der Waals surface area contributed by atoms with E-state index < -0.39 is 22.8 Å². The van der Waals surface area contributed by atoms with Gasteiger partial charge in [0.25, 0.3) is 5.69 Å². The zero-order valence-electron chi connectivity index (χ0n) is 15.9. The van der Waals surface area contributed by atoms with E-state index in [1.165, 1.54) is 73.6 Å². The number of rotatable bonds is 6. The predicted molar refractivity (Wildman–Crippen MR) is 104 cm³/mol. The van der Waals surface area contributed by atoms with Crippen LogP contribution in [-0.4, -0.2) is 48.9 Å². The molecule has 9 heteroatoms. The van der Waals surface area contributed by atoms with Crippen molar-refractivity contribution in [3.8, 4) is 5.75 Å². The summed E-state index contributed by atoms with van der Waals surface area (Å²) in [6.07, 6.45) is 0.645. The maximum atomic E-state index is 12.8. The molecule has 0 aliphatic rings. The van der Waals surface area contributed by atoms with Crippen LogP contribution in [0.2, 0.25) is 0 Å². The molecule has 0 N–H and O–H groups in total. The summed E-state index contributed by atoms with van der Waals surface area (Å²) in [7, 11) is 4.18. The minimum atomic E-state index is -0.885. The average molecular weight is 398 g/mol. The highest BCUT2D eigenvalue weighted by Crippen LogP contribution is 2.20. The van der Waals surface area contributed by atoms with E-state index in [1.807, 2.05) is 0 Å². The van der Waals surface area contributed by atoms with Crippen LogP contribution >= 0.6 is 0 Å². The number of nitro benzene ring substituents is 1. The SMILES string of the molecule is COC(=O)/C(=C/c1cccc([N+](=O)[O-])c1)C(=O)c1ccc(OC(=O)N(C)C)cc1. The van der Waals surface area contributed by atoms with Gasteiger partial charge in [0.1, 0.15) is 11.3 Å². The number of non-ortho nitro benzene ring substituents is 1. The zero-order valence-corrected chi connectivity index (χ0v) is 15.9. The Kier molecular flexibility index (Phi) is 6.80. The van der Waals surface area contributed by atoms with E-state index in [0.717, 1.165) is 7.11 Å². The van der Waals surface area contributed by atoms with Crippen molar-refractivity contribution in [1.82, 2.24) is 4.90 Å². The number of carbonyl (C=O) groups excluding carboxylic acids is 3. The van der Waals surface area contributed by atoms with Gasteiger partial charge in [-0.05, 0) is 35.9 Å². The molecule has 9 nitrogen and oxygen atoms in total. The van der Waals surface area contributed by atoms with Gasteiger partial charge in [-0.25, -0.2) is 9.59 Å². The molecule has 0 atom stereocenters. The van der Waals surface area contributed by atoms with Crippen LogP contribution in [0.1, 0.15) is 15.9 Å². The number of methoxy groups -OCH3 is 1. The first-order valence-electron chi connectivity index (χ1n) is 8.31. The smallest absolute Gasteiger partial charge is 0.414 e. The lowest BCUT2D eigenvalue weighted by atomic mass is 10.0. The van der Waals surface area contributed by atoms with Crippen molar-refractivity contribution in [2.24, 2.45) is 0 Å². The topological polar surface area (TPSA) is 116 Å². The first-order chi connectivity index (χ1) is 13.7. The van der Waals surface area contributed by atoms with Gasteiger partial charge in [0, 0.05) is 31.8 Å². The second-order valence-corrected chi connectivity index (χ2v) is 6.02. The van der Waals surface area contributed by atoms with Crippen LogP contribution in [0, 0.1) is 10.1 Å². The predicted octanol–water partition coefficient (Wildman–Crippen LogP) is 3.09. The summed E-state index contributed by atoms with van der Waals surface area (Å²) in [6.45, 7) is 0. The van der Waals surface area contributed by atoms with Gasteiger partial charge in [-0.15, -0.1) is 0 Å². The van der Waals surface area contributed by atoms with Crippen LogP contribution in [0.3, 0.4) is 0 Å². The second-order valence-electron chi connectivity index (χ2n) is 6.02. The molecule has 2 aromatic rings. The fourth-order valence-electron chi connectivity index (χ4n) is 2.24. The van der Waals surface area contributed by atoms with E-state index in [2.05, 4.69) is 4.74 Å². The Hall–Kier alpha value is -4.01. The molecule has 2 rings (SSSR count). The Morgan fingerprint density at radius 3 is 2.28 bits per heavy atom. The molecule has 0 aliphatic heterocycles. The number of ketones is 1.